The zero-order valence-electron chi connectivity index (χ0n) is 12.9. The van der Waals surface area contributed by atoms with E-state index >= 15 is 0 Å². The molecule has 1 N–H and O–H groups in total. The Morgan fingerprint density at radius 1 is 1.35 bits per heavy atom. The zero-order chi connectivity index (χ0) is 14.5. The molecular formula is C17H26N2O. The number of carbonyl (C=O) groups is 1. The highest BCUT2D eigenvalue weighted by Gasteiger charge is 2.22. The molecule has 1 saturated heterocycles. The molecule has 3 nitrogen and oxygen atoms in total. The molecule has 1 aliphatic heterocycles. The first-order valence-corrected chi connectivity index (χ1v) is 7.67. The van der Waals surface area contributed by atoms with Crippen LogP contribution >= 0.6 is 0 Å². The van der Waals surface area contributed by atoms with Gasteiger partial charge in [0, 0.05) is 19.1 Å². The Bertz CT molecular complexity index is 468. The van der Waals surface area contributed by atoms with Gasteiger partial charge in [-0.25, -0.2) is 0 Å². The molecule has 0 aliphatic carbocycles. The third-order valence-corrected chi connectivity index (χ3v) is 4.19. The van der Waals surface area contributed by atoms with Crippen molar-refractivity contribution in [2.45, 2.75) is 46.1 Å². The highest BCUT2D eigenvalue weighted by Crippen LogP contribution is 2.14. The quantitative estimate of drug-likeness (QED) is 0.914. The number of nitrogens with zero attached hydrogens (tertiary/aromatic N) is 1. The normalized spacial score (nSPS) is 19.1. The van der Waals surface area contributed by atoms with Gasteiger partial charge in [0.05, 0.1) is 6.42 Å². The van der Waals surface area contributed by atoms with E-state index in [2.05, 4.69) is 44.3 Å². The summed E-state index contributed by atoms with van der Waals surface area (Å²) in [5.41, 5.74) is 3.68. The molecule has 1 heterocycles. The predicted octanol–water partition coefficient (Wildman–Crippen LogP) is 2.45. The average molecular weight is 274 g/mol. The van der Waals surface area contributed by atoms with E-state index in [0.29, 0.717) is 12.5 Å². The molecule has 0 bridgehead atoms. The number of amides is 1. The molecule has 3 heteroatoms. The number of aryl methyl sites for hydroxylation is 2. The molecule has 1 fully saturated rings. The smallest absolute Gasteiger partial charge is 0.227 e. The number of rotatable bonds is 4. The molecule has 2 rings (SSSR count). The van der Waals surface area contributed by atoms with Crippen LogP contribution in [0.5, 0.6) is 0 Å². The van der Waals surface area contributed by atoms with Crippen molar-refractivity contribution in [2.75, 3.05) is 19.6 Å². The van der Waals surface area contributed by atoms with E-state index < -0.39 is 0 Å². The third kappa shape index (κ3) is 3.83. The van der Waals surface area contributed by atoms with Crippen molar-refractivity contribution in [3.63, 3.8) is 0 Å². The van der Waals surface area contributed by atoms with E-state index in [9.17, 15) is 4.79 Å². The van der Waals surface area contributed by atoms with E-state index in [1.807, 2.05) is 4.90 Å². The fraction of sp³-hybridized carbons (Fsp3) is 0.588. The van der Waals surface area contributed by atoms with Crippen molar-refractivity contribution >= 4 is 5.91 Å². The molecule has 20 heavy (non-hydrogen) atoms. The van der Waals surface area contributed by atoms with Crippen LogP contribution in [0.4, 0.5) is 0 Å². The van der Waals surface area contributed by atoms with Crippen LogP contribution < -0.4 is 5.32 Å². The first kappa shape index (κ1) is 15.0. The maximum absolute atomic E-state index is 12.4. The largest absolute Gasteiger partial charge is 0.341 e. The first-order chi connectivity index (χ1) is 9.60. The zero-order valence-corrected chi connectivity index (χ0v) is 12.9. The maximum atomic E-state index is 12.4. The lowest BCUT2D eigenvalue weighted by atomic mass is 10.0. The lowest BCUT2D eigenvalue weighted by Crippen LogP contribution is -2.48. The molecule has 1 aromatic carbocycles. The minimum Gasteiger partial charge on any atom is -0.341 e. The fourth-order valence-corrected chi connectivity index (χ4v) is 2.86. The van der Waals surface area contributed by atoms with E-state index in [1.54, 1.807) is 0 Å². The molecule has 1 aliphatic rings. The van der Waals surface area contributed by atoms with Crippen molar-refractivity contribution in [3.05, 3.63) is 34.9 Å². The van der Waals surface area contributed by atoms with Gasteiger partial charge in [-0.15, -0.1) is 0 Å². The number of piperidine rings is 1. The van der Waals surface area contributed by atoms with Crippen LogP contribution in [0.15, 0.2) is 18.2 Å². The molecule has 0 aromatic heterocycles. The SMILES string of the molecule is CCNC1CCCN(C(=O)Cc2ccc(C)c(C)c2)C1. The Labute approximate surface area is 122 Å². The summed E-state index contributed by atoms with van der Waals surface area (Å²) in [5.74, 6) is 0.260. The molecule has 1 aromatic rings. The van der Waals surface area contributed by atoms with Gasteiger partial charge in [-0.1, -0.05) is 25.1 Å². The number of likely N-dealkylation sites (tertiary alicyclic amines) is 1. The molecule has 0 spiro atoms. The number of likely N-dealkylation sites (N-methyl/N-ethyl adjacent to an activating group) is 1. The van der Waals surface area contributed by atoms with Crippen molar-refractivity contribution in [2.24, 2.45) is 0 Å². The van der Waals surface area contributed by atoms with Crippen molar-refractivity contribution in [1.82, 2.24) is 10.2 Å². The van der Waals surface area contributed by atoms with Crippen LogP contribution in [0.3, 0.4) is 0 Å². The van der Waals surface area contributed by atoms with Gasteiger partial charge in [0.25, 0.3) is 0 Å². The molecule has 110 valence electrons. The second-order valence-corrected chi connectivity index (χ2v) is 5.83. The highest BCUT2D eigenvalue weighted by atomic mass is 16.2. The van der Waals surface area contributed by atoms with E-state index in [4.69, 9.17) is 0 Å². The Morgan fingerprint density at radius 2 is 2.15 bits per heavy atom. The summed E-state index contributed by atoms with van der Waals surface area (Å²) < 4.78 is 0. The molecule has 1 atom stereocenters. The highest BCUT2D eigenvalue weighted by molar-refractivity contribution is 5.79. The Hall–Kier alpha value is -1.35. The first-order valence-electron chi connectivity index (χ1n) is 7.67. The van der Waals surface area contributed by atoms with Crippen LogP contribution in [0.25, 0.3) is 0 Å². The summed E-state index contributed by atoms with van der Waals surface area (Å²) in [5, 5.41) is 3.46. The topological polar surface area (TPSA) is 32.3 Å². The molecule has 1 unspecified atom stereocenters. The second-order valence-electron chi connectivity index (χ2n) is 5.83. The van der Waals surface area contributed by atoms with Gasteiger partial charge in [-0.2, -0.15) is 0 Å². The Kier molecular flexibility index (Phi) is 5.18. The van der Waals surface area contributed by atoms with Crippen molar-refractivity contribution < 1.29 is 4.79 Å². The van der Waals surface area contributed by atoms with Gasteiger partial charge >= 0.3 is 0 Å². The summed E-state index contributed by atoms with van der Waals surface area (Å²) >= 11 is 0. The molecular weight excluding hydrogens is 248 g/mol. The van der Waals surface area contributed by atoms with Crippen LogP contribution in [0, 0.1) is 13.8 Å². The lowest BCUT2D eigenvalue weighted by molar-refractivity contribution is -0.131. The predicted molar refractivity (Wildman–Crippen MR) is 82.9 cm³/mol. The van der Waals surface area contributed by atoms with Gasteiger partial charge in [0.2, 0.25) is 5.91 Å². The molecule has 1 amide bonds. The summed E-state index contributed by atoms with van der Waals surface area (Å²) in [6.07, 6.45) is 2.82. The number of benzene rings is 1. The number of hydrogen-bond acceptors (Lipinski definition) is 2. The monoisotopic (exact) mass is 274 g/mol. The minimum absolute atomic E-state index is 0.260. The number of carbonyl (C=O) groups excluding carboxylic acids is 1. The summed E-state index contributed by atoms with van der Waals surface area (Å²) in [6.45, 7) is 9.07. The van der Waals surface area contributed by atoms with Crippen molar-refractivity contribution in [3.8, 4) is 0 Å². The van der Waals surface area contributed by atoms with Crippen LogP contribution in [0.2, 0.25) is 0 Å². The summed E-state index contributed by atoms with van der Waals surface area (Å²) in [7, 11) is 0. The Balaban J connectivity index is 1.95. The van der Waals surface area contributed by atoms with Gasteiger partial charge in [0.1, 0.15) is 0 Å². The number of hydrogen-bond donors (Lipinski definition) is 1. The fourth-order valence-electron chi connectivity index (χ4n) is 2.86. The third-order valence-electron chi connectivity index (χ3n) is 4.19. The number of nitrogens with one attached hydrogen (secondary N) is 1. The summed E-state index contributed by atoms with van der Waals surface area (Å²) in [6, 6.07) is 6.79. The molecule has 0 radical (unpaired) electrons. The van der Waals surface area contributed by atoms with E-state index in [0.717, 1.165) is 31.6 Å². The summed E-state index contributed by atoms with van der Waals surface area (Å²) in [4.78, 5) is 14.4. The van der Waals surface area contributed by atoms with Crippen LogP contribution in [-0.2, 0) is 11.2 Å². The lowest BCUT2D eigenvalue weighted by Gasteiger charge is -2.33. The van der Waals surface area contributed by atoms with Gasteiger partial charge in [-0.3, -0.25) is 4.79 Å². The average Bonchev–Trinajstić information content (AvgIpc) is 2.43. The van der Waals surface area contributed by atoms with Crippen LogP contribution in [0.1, 0.15) is 36.5 Å². The Morgan fingerprint density at radius 3 is 2.85 bits per heavy atom. The van der Waals surface area contributed by atoms with Crippen LogP contribution in [-0.4, -0.2) is 36.5 Å². The van der Waals surface area contributed by atoms with Gasteiger partial charge in [0.15, 0.2) is 0 Å². The minimum atomic E-state index is 0.260. The van der Waals surface area contributed by atoms with E-state index in [1.165, 1.54) is 17.5 Å². The molecule has 0 saturated carbocycles. The standard InChI is InChI=1S/C17H26N2O/c1-4-18-16-6-5-9-19(12-16)17(20)11-15-8-7-13(2)14(3)10-15/h7-8,10,16,18H,4-6,9,11-12H2,1-3H3. The van der Waals surface area contributed by atoms with Gasteiger partial charge in [-0.05, 0) is 49.9 Å². The van der Waals surface area contributed by atoms with E-state index in [-0.39, 0.29) is 5.91 Å². The second kappa shape index (κ2) is 6.89. The van der Waals surface area contributed by atoms with Crippen molar-refractivity contribution in [1.29, 1.82) is 0 Å². The maximum Gasteiger partial charge on any atom is 0.227 e. The van der Waals surface area contributed by atoms with Gasteiger partial charge < -0.3 is 10.2 Å².